The summed E-state index contributed by atoms with van der Waals surface area (Å²) in [5, 5.41) is 4.71. The summed E-state index contributed by atoms with van der Waals surface area (Å²) in [5.41, 5.74) is 5.45. The molecule has 29 heavy (non-hydrogen) atoms. The normalized spacial score (nSPS) is 12.1. The van der Waals surface area contributed by atoms with Crippen LogP contribution in [0, 0.1) is 13.8 Å². The number of aryl methyl sites for hydroxylation is 2. The van der Waals surface area contributed by atoms with E-state index in [0.717, 1.165) is 16.7 Å². The van der Waals surface area contributed by atoms with E-state index < -0.39 is 0 Å². The molecular formula is C24H23N3O2. The number of amides is 1. The molecular weight excluding hydrogens is 362 g/mol. The molecule has 0 radical (unpaired) electrons. The highest BCUT2D eigenvalue weighted by atomic mass is 16.5. The van der Waals surface area contributed by atoms with Gasteiger partial charge in [-0.25, -0.2) is 4.98 Å². The highest BCUT2D eigenvalue weighted by Crippen LogP contribution is 2.30. The van der Waals surface area contributed by atoms with Crippen molar-refractivity contribution in [3.63, 3.8) is 0 Å². The Hall–Kier alpha value is -3.47. The van der Waals surface area contributed by atoms with E-state index in [1.165, 1.54) is 0 Å². The number of rotatable bonds is 4. The second-order valence-corrected chi connectivity index (χ2v) is 7.37. The number of hydrogen-bond donors (Lipinski definition) is 0. The van der Waals surface area contributed by atoms with Gasteiger partial charge in [-0.2, -0.15) is 0 Å². The Kier molecular flexibility index (Phi) is 4.89. The van der Waals surface area contributed by atoms with Crippen molar-refractivity contribution in [1.29, 1.82) is 0 Å². The van der Waals surface area contributed by atoms with Gasteiger partial charge in [0.2, 0.25) is 0 Å². The van der Waals surface area contributed by atoms with Gasteiger partial charge in [0.25, 0.3) is 11.6 Å². The third-order valence-corrected chi connectivity index (χ3v) is 5.38. The lowest BCUT2D eigenvalue weighted by atomic mass is 10.0. The maximum Gasteiger partial charge on any atom is 0.259 e. The minimum atomic E-state index is -0.0894. The molecule has 4 aromatic rings. The summed E-state index contributed by atoms with van der Waals surface area (Å²) in [6.45, 7) is 5.89. The summed E-state index contributed by atoms with van der Waals surface area (Å²) in [6.07, 6.45) is 0. The van der Waals surface area contributed by atoms with E-state index in [-0.39, 0.29) is 11.9 Å². The van der Waals surface area contributed by atoms with E-state index >= 15 is 0 Å². The van der Waals surface area contributed by atoms with E-state index in [0.29, 0.717) is 28.1 Å². The van der Waals surface area contributed by atoms with Crippen molar-refractivity contribution in [2.45, 2.75) is 26.8 Å². The standard InChI is InChI=1S/C24H23N3O2/c1-15-10-12-19(13-11-15)21-14-20(22-16(2)26-29-23(22)25-21)24(28)27(4)17(3)18-8-6-5-7-9-18/h5-14,17H,1-4H3. The maximum atomic E-state index is 13.5. The van der Waals surface area contributed by atoms with E-state index in [1.807, 2.05) is 88.5 Å². The Morgan fingerprint density at radius 1 is 1.03 bits per heavy atom. The first-order valence-electron chi connectivity index (χ1n) is 9.62. The molecule has 1 atom stereocenters. The lowest BCUT2D eigenvalue weighted by molar-refractivity contribution is 0.0744. The largest absolute Gasteiger partial charge is 0.335 e. The zero-order valence-corrected chi connectivity index (χ0v) is 17.0. The third-order valence-electron chi connectivity index (χ3n) is 5.38. The van der Waals surface area contributed by atoms with Gasteiger partial charge in [-0.05, 0) is 32.4 Å². The SMILES string of the molecule is Cc1ccc(-c2cc(C(=O)N(C)C(C)c3ccccc3)c3c(C)noc3n2)cc1. The van der Waals surface area contributed by atoms with Gasteiger partial charge in [-0.3, -0.25) is 4.79 Å². The van der Waals surface area contributed by atoms with Crippen LogP contribution in [-0.2, 0) is 0 Å². The predicted molar refractivity (Wildman–Crippen MR) is 114 cm³/mol. The van der Waals surface area contributed by atoms with Crippen molar-refractivity contribution in [3.05, 3.63) is 83.0 Å². The summed E-state index contributed by atoms with van der Waals surface area (Å²) in [4.78, 5) is 19.8. The van der Waals surface area contributed by atoms with Crippen LogP contribution in [0.15, 0.2) is 65.2 Å². The molecule has 2 heterocycles. The van der Waals surface area contributed by atoms with Gasteiger partial charge >= 0.3 is 0 Å². The minimum absolute atomic E-state index is 0.0742. The number of hydrogen-bond acceptors (Lipinski definition) is 4. The van der Waals surface area contributed by atoms with Crippen LogP contribution in [0.25, 0.3) is 22.4 Å². The van der Waals surface area contributed by atoms with Gasteiger partial charge in [0.15, 0.2) is 0 Å². The van der Waals surface area contributed by atoms with Crippen LogP contribution in [0.3, 0.4) is 0 Å². The summed E-state index contributed by atoms with van der Waals surface area (Å²) >= 11 is 0. The lowest BCUT2D eigenvalue weighted by Crippen LogP contribution is -2.30. The molecule has 0 saturated carbocycles. The maximum absolute atomic E-state index is 13.5. The Labute approximate surface area is 170 Å². The van der Waals surface area contributed by atoms with Crippen LogP contribution in [0.2, 0.25) is 0 Å². The fourth-order valence-corrected chi connectivity index (χ4v) is 3.46. The van der Waals surface area contributed by atoms with Crippen LogP contribution in [0.4, 0.5) is 0 Å². The smallest absolute Gasteiger partial charge is 0.259 e. The number of pyridine rings is 1. The first-order chi connectivity index (χ1) is 14.0. The van der Waals surface area contributed by atoms with Crippen molar-refractivity contribution in [2.24, 2.45) is 0 Å². The van der Waals surface area contributed by atoms with E-state index in [1.54, 1.807) is 4.90 Å². The Morgan fingerprint density at radius 3 is 2.41 bits per heavy atom. The molecule has 146 valence electrons. The molecule has 0 spiro atoms. The van der Waals surface area contributed by atoms with Crippen molar-refractivity contribution in [2.75, 3.05) is 7.05 Å². The van der Waals surface area contributed by atoms with Gasteiger partial charge in [-0.15, -0.1) is 0 Å². The Morgan fingerprint density at radius 2 is 1.72 bits per heavy atom. The summed E-state index contributed by atoms with van der Waals surface area (Å²) in [5.74, 6) is -0.0894. The van der Waals surface area contributed by atoms with E-state index in [2.05, 4.69) is 10.1 Å². The fraction of sp³-hybridized carbons (Fsp3) is 0.208. The molecule has 2 aromatic carbocycles. The summed E-state index contributed by atoms with van der Waals surface area (Å²) in [7, 11) is 1.82. The predicted octanol–water partition coefficient (Wildman–Crippen LogP) is 5.34. The summed E-state index contributed by atoms with van der Waals surface area (Å²) < 4.78 is 5.42. The van der Waals surface area contributed by atoms with Crippen LogP contribution in [0.1, 0.15) is 40.1 Å². The number of carbonyl (C=O) groups is 1. The highest BCUT2D eigenvalue weighted by molar-refractivity contribution is 6.07. The second kappa shape index (κ2) is 7.51. The molecule has 0 aliphatic carbocycles. The molecule has 5 nitrogen and oxygen atoms in total. The van der Waals surface area contributed by atoms with Crippen molar-refractivity contribution in [3.8, 4) is 11.3 Å². The Balaban J connectivity index is 1.80. The molecule has 1 unspecified atom stereocenters. The number of carbonyl (C=O) groups excluding carboxylic acids is 1. The zero-order valence-electron chi connectivity index (χ0n) is 17.0. The molecule has 0 fully saturated rings. The van der Waals surface area contributed by atoms with Crippen molar-refractivity contribution < 1.29 is 9.32 Å². The first-order valence-corrected chi connectivity index (χ1v) is 9.62. The van der Waals surface area contributed by atoms with Gasteiger partial charge in [-0.1, -0.05) is 65.3 Å². The molecule has 0 saturated heterocycles. The lowest BCUT2D eigenvalue weighted by Gasteiger charge is -2.26. The molecule has 2 aromatic heterocycles. The molecule has 0 aliphatic rings. The average Bonchev–Trinajstić information content (AvgIpc) is 3.13. The summed E-state index contributed by atoms with van der Waals surface area (Å²) in [6, 6.07) is 19.8. The van der Waals surface area contributed by atoms with Crippen LogP contribution in [0.5, 0.6) is 0 Å². The minimum Gasteiger partial charge on any atom is -0.335 e. The van der Waals surface area contributed by atoms with Gasteiger partial charge in [0.05, 0.1) is 28.4 Å². The highest BCUT2D eigenvalue weighted by Gasteiger charge is 2.24. The zero-order chi connectivity index (χ0) is 20.5. The topological polar surface area (TPSA) is 59.2 Å². The molecule has 0 aliphatic heterocycles. The van der Waals surface area contributed by atoms with Gasteiger partial charge < -0.3 is 9.42 Å². The van der Waals surface area contributed by atoms with Crippen molar-refractivity contribution in [1.82, 2.24) is 15.0 Å². The fourth-order valence-electron chi connectivity index (χ4n) is 3.46. The van der Waals surface area contributed by atoms with Crippen LogP contribution < -0.4 is 0 Å². The quantitative estimate of drug-likeness (QED) is 0.476. The molecule has 5 heteroatoms. The van der Waals surface area contributed by atoms with Crippen LogP contribution in [-0.4, -0.2) is 28.0 Å². The van der Waals surface area contributed by atoms with E-state index in [4.69, 9.17) is 4.52 Å². The number of nitrogens with zero attached hydrogens (tertiary/aromatic N) is 3. The van der Waals surface area contributed by atoms with Gasteiger partial charge in [0, 0.05) is 12.6 Å². The number of benzene rings is 2. The molecule has 1 amide bonds. The van der Waals surface area contributed by atoms with Crippen molar-refractivity contribution >= 4 is 17.0 Å². The molecule has 0 N–H and O–H groups in total. The monoisotopic (exact) mass is 385 g/mol. The Bertz CT molecular complexity index is 1160. The van der Waals surface area contributed by atoms with Crippen LogP contribution >= 0.6 is 0 Å². The molecule has 0 bridgehead atoms. The second-order valence-electron chi connectivity index (χ2n) is 7.37. The van der Waals surface area contributed by atoms with Gasteiger partial charge in [0.1, 0.15) is 0 Å². The number of aromatic nitrogens is 2. The van der Waals surface area contributed by atoms with E-state index in [9.17, 15) is 4.79 Å². The number of fused-ring (bicyclic) bond motifs is 1. The first kappa shape index (κ1) is 18.9. The average molecular weight is 385 g/mol. The third kappa shape index (κ3) is 3.51. The molecule has 4 rings (SSSR count).